The minimum absolute atomic E-state index is 0.0950. The van der Waals surface area contributed by atoms with Crippen molar-refractivity contribution in [1.82, 2.24) is 10.5 Å². The molecule has 1 fully saturated rings. The molecule has 1 aliphatic rings. The molecule has 0 aliphatic heterocycles. The second kappa shape index (κ2) is 7.17. The lowest BCUT2D eigenvalue weighted by molar-refractivity contribution is 0.0934. The Morgan fingerprint density at radius 1 is 1.35 bits per heavy atom. The van der Waals surface area contributed by atoms with Crippen LogP contribution in [-0.2, 0) is 6.42 Å². The van der Waals surface area contributed by atoms with Crippen molar-refractivity contribution < 1.29 is 9.32 Å². The maximum absolute atomic E-state index is 12.7. The zero-order valence-corrected chi connectivity index (χ0v) is 14.2. The van der Waals surface area contributed by atoms with Gasteiger partial charge in [0.1, 0.15) is 11.3 Å². The topological polar surface area (TPSA) is 81.2 Å². The van der Waals surface area contributed by atoms with Crippen molar-refractivity contribution in [2.45, 2.75) is 57.9 Å². The van der Waals surface area contributed by atoms with Crippen LogP contribution in [-0.4, -0.2) is 17.1 Å². The lowest BCUT2D eigenvalue weighted by Gasteiger charge is -2.15. The minimum Gasteiger partial charge on any atom is -0.367 e. The number of aryl methyl sites for hydroxylation is 1. The monoisotopic (exact) mass is 333 g/mol. The third kappa shape index (κ3) is 3.58. The molecule has 6 heteroatoms. The first-order chi connectivity index (χ1) is 11.2. The molecule has 3 N–H and O–H groups in total. The fourth-order valence-corrected chi connectivity index (χ4v) is 4.00. The lowest BCUT2D eigenvalue weighted by Crippen LogP contribution is -2.34. The molecule has 0 radical (unpaired) electrons. The summed E-state index contributed by atoms with van der Waals surface area (Å²) in [5.74, 6) is -0.0744. The number of anilines is 1. The lowest BCUT2D eigenvalue weighted by atomic mass is 10.1. The standard InChI is InChI=1S/C17H23N3O2S/c1-2-12-9-10-13(23-12)15-14(16(18)22-20-15)17(21)19-11-7-5-3-4-6-8-11/h9-11H,2-8,18H2,1H3,(H,19,21). The van der Waals surface area contributed by atoms with Gasteiger partial charge in [0.2, 0.25) is 5.88 Å². The van der Waals surface area contributed by atoms with E-state index in [-0.39, 0.29) is 17.8 Å². The van der Waals surface area contributed by atoms with Crippen molar-refractivity contribution in [3.05, 3.63) is 22.6 Å². The van der Waals surface area contributed by atoms with Gasteiger partial charge in [0.05, 0.1) is 4.88 Å². The fourth-order valence-electron chi connectivity index (χ4n) is 3.07. The van der Waals surface area contributed by atoms with Crippen LogP contribution < -0.4 is 11.1 Å². The molecule has 0 unspecified atom stereocenters. The molecule has 0 saturated heterocycles. The largest absolute Gasteiger partial charge is 0.367 e. The highest BCUT2D eigenvalue weighted by Crippen LogP contribution is 2.33. The number of thiophene rings is 1. The van der Waals surface area contributed by atoms with E-state index in [2.05, 4.69) is 23.5 Å². The van der Waals surface area contributed by atoms with Crippen LogP contribution in [0.25, 0.3) is 10.6 Å². The van der Waals surface area contributed by atoms with E-state index >= 15 is 0 Å². The first kappa shape index (κ1) is 16.1. The molecule has 1 amide bonds. The Hall–Kier alpha value is -1.82. The maximum Gasteiger partial charge on any atom is 0.259 e. The number of carbonyl (C=O) groups is 1. The summed E-state index contributed by atoms with van der Waals surface area (Å²) in [4.78, 5) is 14.9. The van der Waals surface area contributed by atoms with Crippen LogP contribution >= 0.6 is 11.3 Å². The van der Waals surface area contributed by atoms with E-state index in [0.29, 0.717) is 11.3 Å². The second-order valence-electron chi connectivity index (χ2n) is 6.05. The first-order valence-corrected chi connectivity index (χ1v) is 9.15. The number of amides is 1. The zero-order chi connectivity index (χ0) is 16.2. The van der Waals surface area contributed by atoms with Crippen molar-refractivity contribution >= 4 is 23.1 Å². The summed E-state index contributed by atoms with van der Waals surface area (Å²) in [5.41, 5.74) is 6.80. The molecule has 1 saturated carbocycles. The average molecular weight is 333 g/mol. The second-order valence-corrected chi connectivity index (χ2v) is 7.22. The van der Waals surface area contributed by atoms with Gasteiger partial charge in [-0.25, -0.2) is 0 Å². The van der Waals surface area contributed by atoms with E-state index in [1.165, 1.54) is 30.6 Å². The number of hydrogen-bond acceptors (Lipinski definition) is 5. The first-order valence-electron chi connectivity index (χ1n) is 8.34. The average Bonchev–Trinajstić information content (AvgIpc) is 3.08. The highest BCUT2D eigenvalue weighted by atomic mass is 32.1. The van der Waals surface area contributed by atoms with Crippen LogP contribution in [0.4, 0.5) is 5.88 Å². The molecule has 2 aromatic heterocycles. The number of hydrogen-bond donors (Lipinski definition) is 2. The molecule has 3 rings (SSSR count). The van der Waals surface area contributed by atoms with Crippen molar-refractivity contribution in [1.29, 1.82) is 0 Å². The van der Waals surface area contributed by atoms with Gasteiger partial charge in [-0.2, -0.15) is 0 Å². The van der Waals surface area contributed by atoms with Gasteiger partial charge in [0.25, 0.3) is 5.91 Å². The van der Waals surface area contributed by atoms with Crippen LogP contribution in [0, 0.1) is 0 Å². The normalized spacial score (nSPS) is 16.2. The molecule has 124 valence electrons. The summed E-state index contributed by atoms with van der Waals surface area (Å²) in [6.07, 6.45) is 7.87. The van der Waals surface area contributed by atoms with Crippen LogP contribution in [0.1, 0.15) is 60.7 Å². The van der Waals surface area contributed by atoms with Crippen LogP contribution in [0.5, 0.6) is 0 Å². The smallest absolute Gasteiger partial charge is 0.259 e. The quantitative estimate of drug-likeness (QED) is 0.829. The summed E-state index contributed by atoms with van der Waals surface area (Å²) < 4.78 is 5.10. The Kier molecular flexibility index (Phi) is 5.00. The third-order valence-electron chi connectivity index (χ3n) is 4.38. The third-order valence-corrected chi connectivity index (χ3v) is 5.62. The molecular formula is C17H23N3O2S. The van der Waals surface area contributed by atoms with E-state index < -0.39 is 0 Å². The van der Waals surface area contributed by atoms with Crippen molar-refractivity contribution in [3.8, 4) is 10.6 Å². The number of rotatable bonds is 4. The Labute approximate surface area is 140 Å². The number of nitrogens with two attached hydrogens (primary N) is 1. The SMILES string of the molecule is CCc1ccc(-c2noc(N)c2C(=O)NC2CCCCCC2)s1. The fraction of sp³-hybridized carbons (Fsp3) is 0.529. The van der Waals surface area contributed by atoms with Gasteiger partial charge < -0.3 is 15.6 Å². The molecule has 2 aromatic rings. The summed E-state index contributed by atoms with van der Waals surface area (Å²) in [7, 11) is 0. The van der Waals surface area contributed by atoms with Crippen molar-refractivity contribution in [2.24, 2.45) is 0 Å². The molecule has 0 aromatic carbocycles. The molecule has 23 heavy (non-hydrogen) atoms. The van der Waals surface area contributed by atoms with Gasteiger partial charge in [-0.15, -0.1) is 11.3 Å². The van der Waals surface area contributed by atoms with E-state index in [4.69, 9.17) is 10.3 Å². The van der Waals surface area contributed by atoms with E-state index in [9.17, 15) is 4.79 Å². The maximum atomic E-state index is 12.7. The molecule has 0 bridgehead atoms. The number of nitrogen functional groups attached to an aromatic ring is 1. The van der Waals surface area contributed by atoms with Gasteiger partial charge in [-0.05, 0) is 31.4 Å². The number of nitrogens with zero attached hydrogens (tertiary/aromatic N) is 1. The van der Waals surface area contributed by atoms with E-state index in [1.807, 2.05) is 6.07 Å². The van der Waals surface area contributed by atoms with E-state index in [1.54, 1.807) is 11.3 Å². The van der Waals surface area contributed by atoms with E-state index in [0.717, 1.165) is 24.1 Å². The summed E-state index contributed by atoms with van der Waals surface area (Å²) >= 11 is 1.62. The molecule has 2 heterocycles. The predicted molar refractivity (Wildman–Crippen MR) is 92.6 cm³/mol. The number of nitrogens with one attached hydrogen (secondary N) is 1. The Morgan fingerprint density at radius 2 is 2.09 bits per heavy atom. The highest BCUT2D eigenvalue weighted by molar-refractivity contribution is 7.15. The van der Waals surface area contributed by atoms with Gasteiger partial charge in [0, 0.05) is 10.9 Å². The predicted octanol–water partition coefficient (Wildman–Crippen LogP) is 4.00. The van der Waals surface area contributed by atoms with Gasteiger partial charge in [0.15, 0.2) is 0 Å². The number of carbonyl (C=O) groups excluding carboxylic acids is 1. The Bertz CT molecular complexity index is 669. The molecule has 5 nitrogen and oxygen atoms in total. The van der Waals surface area contributed by atoms with Crippen LogP contribution in [0.15, 0.2) is 16.7 Å². The zero-order valence-electron chi connectivity index (χ0n) is 13.4. The molecule has 0 spiro atoms. The number of aromatic nitrogens is 1. The molecule has 1 aliphatic carbocycles. The van der Waals surface area contributed by atoms with Gasteiger partial charge >= 0.3 is 0 Å². The van der Waals surface area contributed by atoms with Gasteiger partial charge in [-0.1, -0.05) is 37.8 Å². The summed E-state index contributed by atoms with van der Waals surface area (Å²) in [6, 6.07) is 4.25. The summed E-state index contributed by atoms with van der Waals surface area (Å²) in [5, 5.41) is 7.13. The Balaban J connectivity index is 1.81. The van der Waals surface area contributed by atoms with Crippen LogP contribution in [0.3, 0.4) is 0 Å². The van der Waals surface area contributed by atoms with Crippen molar-refractivity contribution in [2.75, 3.05) is 5.73 Å². The van der Waals surface area contributed by atoms with Crippen molar-refractivity contribution in [3.63, 3.8) is 0 Å². The Morgan fingerprint density at radius 3 is 2.74 bits per heavy atom. The minimum atomic E-state index is -0.169. The molecular weight excluding hydrogens is 310 g/mol. The summed E-state index contributed by atoms with van der Waals surface area (Å²) in [6.45, 7) is 2.10. The molecule has 0 atom stereocenters. The highest BCUT2D eigenvalue weighted by Gasteiger charge is 2.25. The van der Waals surface area contributed by atoms with Crippen LogP contribution in [0.2, 0.25) is 0 Å². The van der Waals surface area contributed by atoms with Gasteiger partial charge in [-0.3, -0.25) is 4.79 Å².